The number of hydrogen-bond acceptors (Lipinski definition) is 4. The molecule has 0 unspecified atom stereocenters. The molecule has 2 heterocycles. The highest BCUT2D eigenvalue weighted by atomic mass is 35.5. The van der Waals surface area contributed by atoms with E-state index in [1.165, 1.54) is 11.1 Å². The molecule has 0 bridgehead atoms. The van der Waals surface area contributed by atoms with Crippen LogP contribution in [0.15, 0.2) is 60.8 Å². The van der Waals surface area contributed by atoms with Crippen LogP contribution in [0.2, 0.25) is 5.02 Å². The Morgan fingerprint density at radius 2 is 1.50 bits per heavy atom. The topological polar surface area (TPSA) is 49.8 Å². The molecule has 0 amide bonds. The number of fused-ring (bicyclic) bond motifs is 2. The lowest BCUT2D eigenvalue weighted by Crippen LogP contribution is -2.32. The summed E-state index contributed by atoms with van der Waals surface area (Å²) < 4.78 is 0. The van der Waals surface area contributed by atoms with E-state index in [-0.39, 0.29) is 0 Å². The Kier molecular flexibility index (Phi) is 5.17. The van der Waals surface area contributed by atoms with Gasteiger partial charge in [0, 0.05) is 51.1 Å². The number of anilines is 2. The molecule has 1 aliphatic rings. The zero-order valence-electron chi connectivity index (χ0n) is 17.0. The third-order valence-electron chi connectivity index (χ3n) is 6.00. The Bertz CT molecular complexity index is 1200. The van der Waals surface area contributed by atoms with Gasteiger partial charge in [0.05, 0.1) is 11.0 Å². The van der Waals surface area contributed by atoms with Gasteiger partial charge in [0.2, 0.25) is 0 Å². The van der Waals surface area contributed by atoms with E-state index in [0.29, 0.717) is 12.1 Å². The van der Waals surface area contributed by atoms with Gasteiger partial charge in [-0.25, -0.2) is 0 Å². The second-order valence-electron chi connectivity index (χ2n) is 8.19. The Labute approximate surface area is 181 Å². The van der Waals surface area contributed by atoms with Crippen molar-refractivity contribution in [2.45, 2.75) is 44.7 Å². The molecule has 1 saturated carbocycles. The van der Waals surface area contributed by atoms with Crippen LogP contribution in [0, 0.1) is 6.92 Å². The summed E-state index contributed by atoms with van der Waals surface area (Å²) >= 11 is 6.12. The van der Waals surface area contributed by atoms with Crippen molar-refractivity contribution in [2.24, 2.45) is 0 Å². The number of rotatable bonds is 4. The van der Waals surface area contributed by atoms with E-state index < -0.39 is 0 Å². The average molecular weight is 417 g/mol. The SMILES string of the molecule is Cc1cc(N[C@H]2CC[C@@H](Nc3ccnc4cc(Cl)ccc34)CC2)c2ccccc2n1. The fourth-order valence-corrected chi connectivity index (χ4v) is 4.66. The van der Waals surface area contributed by atoms with Gasteiger partial charge in [-0.15, -0.1) is 0 Å². The summed E-state index contributed by atoms with van der Waals surface area (Å²) in [6.45, 7) is 2.06. The lowest BCUT2D eigenvalue weighted by molar-refractivity contribution is 0.429. The van der Waals surface area contributed by atoms with E-state index in [0.717, 1.165) is 58.5 Å². The largest absolute Gasteiger partial charge is 0.382 e. The molecule has 1 fully saturated rings. The van der Waals surface area contributed by atoms with Crippen molar-refractivity contribution in [1.82, 2.24) is 9.97 Å². The monoisotopic (exact) mass is 416 g/mol. The van der Waals surface area contributed by atoms with Crippen molar-refractivity contribution in [3.63, 3.8) is 0 Å². The van der Waals surface area contributed by atoms with Gasteiger partial charge in [-0.3, -0.25) is 9.97 Å². The molecule has 5 rings (SSSR count). The molecule has 2 aromatic carbocycles. The third kappa shape index (κ3) is 3.92. The van der Waals surface area contributed by atoms with E-state index in [2.05, 4.69) is 63.9 Å². The first-order chi connectivity index (χ1) is 14.7. The summed E-state index contributed by atoms with van der Waals surface area (Å²) in [6, 6.07) is 19.5. The molecule has 30 heavy (non-hydrogen) atoms. The molecular weight excluding hydrogens is 392 g/mol. The van der Waals surface area contributed by atoms with Crippen LogP contribution in [-0.2, 0) is 0 Å². The van der Waals surface area contributed by atoms with Crippen LogP contribution < -0.4 is 10.6 Å². The predicted octanol–water partition coefficient (Wildman–Crippen LogP) is 6.58. The summed E-state index contributed by atoms with van der Waals surface area (Å²) in [5.41, 5.74) is 5.38. The first-order valence-corrected chi connectivity index (χ1v) is 11.0. The van der Waals surface area contributed by atoms with Gasteiger partial charge in [-0.1, -0.05) is 29.8 Å². The van der Waals surface area contributed by atoms with Crippen molar-refractivity contribution in [3.05, 3.63) is 71.5 Å². The lowest BCUT2D eigenvalue weighted by atomic mass is 9.90. The molecule has 0 radical (unpaired) electrons. The van der Waals surface area contributed by atoms with Gasteiger partial charge in [-0.05, 0) is 69.0 Å². The second-order valence-corrected chi connectivity index (χ2v) is 8.62. The van der Waals surface area contributed by atoms with Gasteiger partial charge < -0.3 is 10.6 Å². The molecule has 0 spiro atoms. The van der Waals surface area contributed by atoms with Gasteiger partial charge in [0.25, 0.3) is 0 Å². The molecule has 0 saturated heterocycles. The molecule has 2 N–H and O–H groups in total. The van der Waals surface area contributed by atoms with E-state index >= 15 is 0 Å². The maximum Gasteiger partial charge on any atom is 0.0737 e. The smallest absolute Gasteiger partial charge is 0.0737 e. The number of nitrogens with zero attached hydrogens (tertiary/aromatic N) is 2. The van der Waals surface area contributed by atoms with Crippen molar-refractivity contribution in [1.29, 1.82) is 0 Å². The normalized spacial score (nSPS) is 19.1. The van der Waals surface area contributed by atoms with Crippen LogP contribution in [0.4, 0.5) is 11.4 Å². The van der Waals surface area contributed by atoms with Crippen molar-refractivity contribution in [2.75, 3.05) is 10.6 Å². The van der Waals surface area contributed by atoms with Crippen molar-refractivity contribution in [3.8, 4) is 0 Å². The molecule has 0 aliphatic heterocycles. The zero-order chi connectivity index (χ0) is 20.5. The molecule has 4 aromatic rings. The molecule has 5 heteroatoms. The number of halogens is 1. The van der Waals surface area contributed by atoms with Crippen LogP contribution in [0.5, 0.6) is 0 Å². The Morgan fingerprint density at radius 3 is 2.30 bits per heavy atom. The fraction of sp³-hybridized carbons (Fsp3) is 0.280. The standard InChI is InChI=1S/C25H25ClN4/c1-16-14-25(20-4-2-3-5-22(20)28-16)30-19-9-7-18(8-10-19)29-23-12-13-27-24-15-17(26)6-11-21(23)24/h2-6,11-15,18-19H,7-10H2,1H3,(H,27,29)(H,28,30)/t18-,19+. The Hall–Kier alpha value is -2.85. The highest BCUT2D eigenvalue weighted by Gasteiger charge is 2.22. The number of aromatic nitrogens is 2. The van der Waals surface area contributed by atoms with Crippen LogP contribution >= 0.6 is 11.6 Å². The third-order valence-corrected chi connectivity index (χ3v) is 6.23. The number of hydrogen-bond donors (Lipinski definition) is 2. The summed E-state index contributed by atoms with van der Waals surface area (Å²) in [5, 5.41) is 10.6. The molecule has 0 atom stereocenters. The summed E-state index contributed by atoms with van der Waals surface area (Å²) in [4.78, 5) is 9.10. The zero-order valence-corrected chi connectivity index (χ0v) is 17.8. The maximum absolute atomic E-state index is 6.12. The van der Waals surface area contributed by atoms with Crippen LogP contribution in [0.3, 0.4) is 0 Å². The molecule has 1 aliphatic carbocycles. The van der Waals surface area contributed by atoms with E-state index in [1.54, 1.807) is 0 Å². The maximum atomic E-state index is 6.12. The van der Waals surface area contributed by atoms with E-state index in [4.69, 9.17) is 11.6 Å². The van der Waals surface area contributed by atoms with Gasteiger partial charge in [0.1, 0.15) is 0 Å². The van der Waals surface area contributed by atoms with E-state index in [9.17, 15) is 0 Å². The number of nitrogens with one attached hydrogen (secondary N) is 2. The van der Waals surface area contributed by atoms with Gasteiger partial charge in [-0.2, -0.15) is 0 Å². The molecular formula is C25H25ClN4. The van der Waals surface area contributed by atoms with Gasteiger partial charge in [0.15, 0.2) is 0 Å². The molecule has 4 nitrogen and oxygen atoms in total. The number of para-hydroxylation sites is 1. The van der Waals surface area contributed by atoms with Gasteiger partial charge >= 0.3 is 0 Å². The lowest BCUT2D eigenvalue weighted by Gasteiger charge is -2.31. The summed E-state index contributed by atoms with van der Waals surface area (Å²) in [5.74, 6) is 0. The molecule has 2 aromatic heterocycles. The predicted molar refractivity (Wildman–Crippen MR) is 127 cm³/mol. The van der Waals surface area contributed by atoms with Crippen LogP contribution in [-0.4, -0.2) is 22.1 Å². The van der Waals surface area contributed by atoms with Crippen LogP contribution in [0.1, 0.15) is 31.4 Å². The van der Waals surface area contributed by atoms with Crippen LogP contribution in [0.25, 0.3) is 21.8 Å². The highest BCUT2D eigenvalue weighted by Crippen LogP contribution is 2.30. The van der Waals surface area contributed by atoms with Crippen molar-refractivity contribution >= 4 is 44.8 Å². The summed E-state index contributed by atoms with van der Waals surface area (Å²) in [7, 11) is 0. The minimum atomic E-state index is 0.472. The first kappa shape index (κ1) is 19.1. The second kappa shape index (κ2) is 8.11. The summed E-state index contributed by atoms with van der Waals surface area (Å²) in [6.07, 6.45) is 6.41. The minimum Gasteiger partial charge on any atom is -0.382 e. The quantitative estimate of drug-likeness (QED) is 0.394. The Morgan fingerprint density at radius 1 is 0.800 bits per heavy atom. The van der Waals surface area contributed by atoms with Crippen molar-refractivity contribution < 1.29 is 0 Å². The fourth-order valence-electron chi connectivity index (χ4n) is 4.50. The number of pyridine rings is 2. The highest BCUT2D eigenvalue weighted by molar-refractivity contribution is 6.31. The Balaban J connectivity index is 1.27. The molecule has 152 valence electrons. The van der Waals surface area contributed by atoms with E-state index in [1.807, 2.05) is 24.4 Å². The number of aryl methyl sites for hydroxylation is 1. The first-order valence-electron chi connectivity index (χ1n) is 10.6. The number of benzene rings is 2. The average Bonchev–Trinajstić information content (AvgIpc) is 2.75. The minimum absolute atomic E-state index is 0.472.